The van der Waals surface area contributed by atoms with Gasteiger partial charge < -0.3 is 5.11 Å². The average Bonchev–Trinajstić information content (AvgIpc) is 2.64. The van der Waals surface area contributed by atoms with E-state index < -0.39 is 5.60 Å². The first-order valence-electron chi connectivity index (χ1n) is 6.07. The molecule has 0 amide bonds. The zero-order chi connectivity index (χ0) is 11.6. The minimum absolute atomic E-state index is 0.452. The molecule has 90 valence electrons. The molecule has 0 bridgehead atoms. The first-order chi connectivity index (χ1) is 7.63. The van der Waals surface area contributed by atoms with E-state index in [0.29, 0.717) is 0 Å². The Kier molecular flexibility index (Phi) is 4.09. The smallest absolute Gasteiger partial charge is 0.0698 e. The van der Waals surface area contributed by atoms with E-state index in [2.05, 4.69) is 34.3 Å². The Morgan fingerprint density at radius 3 is 3.06 bits per heavy atom. The summed E-state index contributed by atoms with van der Waals surface area (Å²) in [5.74, 6) is 0.720. The van der Waals surface area contributed by atoms with E-state index in [-0.39, 0.29) is 0 Å². The van der Waals surface area contributed by atoms with Crippen molar-refractivity contribution in [3.8, 4) is 0 Å². The van der Waals surface area contributed by atoms with Crippen molar-refractivity contribution in [3.63, 3.8) is 0 Å². The maximum Gasteiger partial charge on any atom is 0.0698 e. The van der Waals surface area contributed by atoms with Crippen LogP contribution in [0.25, 0.3) is 0 Å². The van der Waals surface area contributed by atoms with Crippen molar-refractivity contribution in [2.24, 2.45) is 5.92 Å². The molecule has 0 spiro atoms. The lowest BCUT2D eigenvalue weighted by molar-refractivity contribution is -0.0156. The molecule has 1 aromatic rings. The maximum absolute atomic E-state index is 10.7. The molecule has 0 aromatic carbocycles. The molecule has 2 unspecified atom stereocenters. The predicted octanol–water partition coefficient (Wildman–Crippen LogP) is 4.38. The van der Waals surface area contributed by atoms with Crippen molar-refractivity contribution in [1.82, 2.24) is 0 Å². The van der Waals surface area contributed by atoms with Gasteiger partial charge >= 0.3 is 0 Å². The molecule has 1 heterocycles. The topological polar surface area (TPSA) is 20.2 Å². The molecule has 0 radical (unpaired) electrons. The van der Waals surface area contributed by atoms with E-state index in [1.807, 2.05) is 0 Å². The van der Waals surface area contributed by atoms with E-state index in [9.17, 15) is 5.11 Å². The second kappa shape index (κ2) is 5.19. The number of hydrogen-bond acceptors (Lipinski definition) is 2. The highest BCUT2D eigenvalue weighted by Gasteiger charge is 2.34. The molecule has 2 atom stereocenters. The van der Waals surface area contributed by atoms with E-state index in [0.717, 1.165) is 29.7 Å². The van der Waals surface area contributed by atoms with Gasteiger partial charge in [0.05, 0.1) is 5.60 Å². The molecule has 1 aliphatic carbocycles. The van der Waals surface area contributed by atoms with E-state index >= 15 is 0 Å². The Balaban J connectivity index is 2.05. The SMILES string of the molecule is CCC1CCCC(O)(Cc2sccc2Br)C1. The third-order valence-electron chi connectivity index (χ3n) is 3.68. The summed E-state index contributed by atoms with van der Waals surface area (Å²) in [6.45, 7) is 2.23. The van der Waals surface area contributed by atoms with Crippen molar-refractivity contribution >= 4 is 27.3 Å². The third-order valence-corrected chi connectivity index (χ3v) is 5.61. The Labute approximate surface area is 110 Å². The Hall–Kier alpha value is 0.140. The quantitative estimate of drug-likeness (QED) is 0.878. The van der Waals surface area contributed by atoms with Gasteiger partial charge in [-0.05, 0) is 46.1 Å². The molecule has 1 aliphatic rings. The van der Waals surface area contributed by atoms with Gasteiger partial charge in [0.2, 0.25) is 0 Å². The largest absolute Gasteiger partial charge is 0.390 e. The molecule has 0 aliphatic heterocycles. The van der Waals surface area contributed by atoms with Crippen LogP contribution in [-0.4, -0.2) is 10.7 Å². The second-order valence-corrected chi connectivity index (χ2v) is 6.82. The molecule has 1 aromatic heterocycles. The predicted molar refractivity (Wildman–Crippen MR) is 72.9 cm³/mol. The highest BCUT2D eigenvalue weighted by molar-refractivity contribution is 9.10. The van der Waals surface area contributed by atoms with E-state index in [4.69, 9.17) is 0 Å². The highest BCUT2D eigenvalue weighted by atomic mass is 79.9. The summed E-state index contributed by atoms with van der Waals surface area (Å²) in [4.78, 5) is 1.29. The molecular weight excluding hydrogens is 284 g/mol. The van der Waals surface area contributed by atoms with Gasteiger partial charge in [-0.1, -0.05) is 26.2 Å². The van der Waals surface area contributed by atoms with Crippen molar-refractivity contribution < 1.29 is 5.11 Å². The van der Waals surface area contributed by atoms with Crippen LogP contribution >= 0.6 is 27.3 Å². The number of halogens is 1. The number of rotatable bonds is 3. The molecule has 2 rings (SSSR count). The lowest BCUT2D eigenvalue weighted by atomic mass is 9.75. The second-order valence-electron chi connectivity index (χ2n) is 4.96. The highest BCUT2D eigenvalue weighted by Crippen LogP contribution is 2.38. The van der Waals surface area contributed by atoms with Crippen LogP contribution in [-0.2, 0) is 6.42 Å². The monoisotopic (exact) mass is 302 g/mol. The fraction of sp³-hybridized carbons (Fsp3) is 0.692. The lowest BCUT2D eigenvalue weighted by Crippen LogP contribution is -2.37. The van der Waals surface area contributed by atoms with Crippen molar-refractivity contribution in [1.29, 1.82) is 0 Å². The number of aliphatic hydroxyl groups is 1. The molecule has 1 N–H and O–H groups in total. The van der Waals surface area contributed by atoms with Crippen molar-refractivity contribution in [2.75, 3.05) is 0 Å². The van der Waals surface area contributed by atoms with Crippen molar-refractivity contribution in [3.05, 3.63) is 20.8 Å². The van der Waals surface area contributed by atoms with Crippen LogP contribution in [0.1, 0.15) is 43.9 Å². The standard InChI is InChI=1S/C13H19BrOS/c1-2-10-4-3-6-13(15,8-10)9-12-11(14)5-7-16-12/h5,7,10,15H,2-4,6,8-9H2,1H3. The van der Waals surface area contributed by atoms with Gasteiger partial charge in [0.1, 0.15) is 0 Å². The van der Waals surface area contributed by atoms with Crippen LogP contribution in [0.3, 0.4) is 0 Å². The summed E-state index contributed by atoms with van der Waals surface area (Å²) < 4.78 is 1.16. The summed E-state index contributed by atoms with van der Waals surface area (Å²) in [6.07, 6.45) is 6.44. The molecular formula is C13H19BrOS. The summed E-state index contributed by atoms with van der Waals surface area (Å²) >= 11 is 5.29. The van der Waals surface area contributed by atoms with Gasteiger partial charge in [-0.25, -0.2) is 0 Å². The summed E-state index contributed by atoms with van der Waals surface area (Å²) in [7, 11) is 0. The molecule has 1 fully saturated rings. The number of thiophene rings is 1. The van der Waals surface area contributed by atoms with Crippen LogP contribution in [0.4, 0.5) is 0 Å². The maximum atomic E-state index is 10.7. The Morgan fingerprint density at radius 1 is 1.62 bits per heavy atom. The zero-order valence-electron chi connectivity index (χ0n) is 9.71. The van der Waals surface area contributed by atoms with Crippen LogP contribution in [0.2, 0.25) is 0 Å². The fourth-order valence-corrected chi connectivity index (χ4v) is 4.35. The van der Waals surface area contributed by atoms with Gasteiger partial charge in [0.25, 0.3) is 0 Å². The molecule has 3 heteroatoms. The third kappa shape index (κ3) is 2.88. The van der Waals surface area contributed by atoms with Crippen LogP contribution < -0.4 is 0 Å². The molecule has 16 heavy (non-hydrogen) atoms. The Morgan fingerprint density at radius 2 is 2.44 bits per heavy atom. The van der Waals surface area contributed by atoms with E-state index in [1.165, 1.54) is 24.1 Å². The van der Waals surface area contributed by atoms with Gasteiger partial charge in [-0.15, -0.1) is 11.3 Å². The zero-order valence-corrected chi connectivity index (χ0v) is 12.1. The molecule has 1 nitrogen and oxygen atoms in total. The first-order valence-corrected chi connectivity index (χ1v) is 7.74. The minimum Gasteiger partial charge on any atom is -0.390 e. The average molecular weight is 303 g/mol. The van der Waals surface area contributed by atoms with Gasteiger partial charge in [0.15, 0.2) is 0 Å². The van der Waals surface area contributed by atoms with Gasteiger partial charge in [-0.2, -0.15) is 0 Å². The van der Waals surface area contributed by atoms with E-state index in [1.54, 1.807) is 11.3 Å². The summed E-state index contributed by atoms with van der Waals surface area (Å²) in [6, 6.07) is 2.07. The Bertz CT molecular complexity index is 349. The van der Waals surface area contributed by atoms with Crippen LogP contribution in [0.15, 0.2) is 15.9 Å². The molecule has 0 saturated heterocycles. The molecule has 1 saturated carbocycles. The summed E-state index contributed by atoms with van der Waals surface area (Å²) in [5, 5.41) is 12.7. The first kappa shape index (κ1) is 12.6. The number of hydrogen-bond donors (Lipinski definition) is 1. The van der Waals surface area contributed by atoms with Crippen LogP contribution in [0.5, 0.6) is 0 Å². The van der Waals surface area contributed by atoms with Gasteiger partial charge in [0, 0.05) is 15.8 Å². The summed E-state index contributed by atoms with van der Waals surface area (Å²) in [5.41, 5.74) is -0.452. The van der Waals surface area contributed by atoms with Gasteiger partial charge in [-0.3, -0.25) is 0 Å². The van der Waals surface area contributed by atoms with Crippen LogP contribution in [0, 0.1) is 5.92 Å². The fourth-order valence-electron chi connectivity index (χ4n) is 2.72. The lowest BCUT2D eigenvalue weighted by Gasteiger charge is -2.36. The normalized spacial score (nSPS) is 30.6. The van der Waals surface area contributed by atoms with Crippen molar-refractivity contribution in [2.45, 2.75) is 51.0 Å². The minimum atomic E-state index is -0.452.